The number of hydrogen-bond donors (Lipinski definition) is 3. The van der Waals surface area contributed by atoms with Crippen LogP contribution in [0.4, 0.5) is 10.5 Å². The predicted octanol–water partition coefficient (Wildman–Crippen LogP) is 2.59. The number of halogens is 1. The number of urea groups is 1. The molecule has 1 fully saturated rings. The Kier molecular flexibility index (Phi) is 5.41. The summed E-state index contributed by atoms with van der Waals surface area (Å²) in [5.41, 5.74) is 0.0693. The molecule has 0 radical (unpaired) electrons. The van der Waals surface area contributed by atoms with Crippen molar-refractivity contribution in [2.45, 2.75) is 12.8 Å². The van der Waals surface area contributed by atoms with Crippen molar-refractivity contribution < 1.29 is 19.4 Å². The molecule has 1 aliphatic heterocycles. The van der Waals surface area contributed by atoms with E-state index in [2.05, 4.69) is 10.6 Å². The first kappa shape index (κ1) is 15.6. The van der Waals surface area contributed by atoms with Gasteiger partial charge in [0.05, 0.1) is 10.7 Å². The van der Waals surface area contributed by atoms with Gasteiger partial charge >= 0.3 is 12.0 Å². The molecular weight excluding hydrogens is 296 g/mol. The molecule has 1 heterocycles. The van der Waals surface area contributed by atoms with Crippen LogP contribution in [0, 0.1) is 5.92 Å². The molecule has 0 spiro atoms. The number of ether oxygens (including phenoxy) is 1. The summed E-state index contributed by atoms with van der Waals surface area (Å²) < 4.78 is 5.25. The van der Waals surface area contributed by atoms with Crippen LogP contribution in [0.1, 0.15) is 23.2 Å². The molecule has 2 rings (SSSR count). The van der Waals surface area contributed by atoms with E-state index < -0.39 is 12.0 Å². The molecule has 0 bridgehead atoms. The van der Waals surface area contributed by atoms with Crippen LogP contribution in [0.25, 0.3) is 0 Å². The molecule has 1 aromatic carbocycles. The molecule has 0 unspecified atom stereocenters. The lowest BCUT2D eigenvalue weighted by molar-refractivity contribution is 0.0670. The third kappa shape index (κ3) is 4.34. The van der Waals surface area contributed by atoms with Crippen molar-refractivity contribution in [2.75, 3.05) is 25.1 Å². The molecule has 7 heteroatoms. The highest BCUT2D eigenvalue weighted by Crippen LogP contribution is 2.24. The van der Waals surface area contributed by atoms with Crippen LogP contribution in [-0.2, 0) is 4.74 Å². The fourth-order valence-electron chi connectivity index (χ4n) is 2.20. The molecule has 114 valence electrons. The van der Waals surface area contributed by atoms with Crippen molar-refractivity contribution in [3.8, 4) is 0 Å². The average molecular weight is 313 g/mol. The van der Waals surface area contributed by atoms with Gasteiger partial charge in [-0.25, -0.2) is 9.59 Å². The topological polar surface area (TPSA) is 87.7 Å². The number of benzene rings is 1. The lowest BCUT2D eigenvalue weighted by Gasteiger charge is -2.22. The monoisotopic (exact) mass is 312 g/mol. The summed E-state index contributed by atoms with van der Waals surface area (Å²) in [6.07, 6.45) is 1.83. The SMILES string of the molecule is O=C(NCC1CCOCC1)Nc1cccc(Cl)c1C(=O)O. The van der Waals surface area contributed by atoms with Crippen LogP contribution in [-0.4, -0.2) is 36.9 Å². The number of anilines is 1. The van der Waals surface area contributed by atoms with Crippen molar-refractivity contribution in [3.05, 3.63) is 28.8 Å². The first-order valence-corrected chi connectivity index (χ1v) is 7.10. The van der Waals surface area contributed by atoms with Crippen LogP contribution >= 0.6 is 11.6 Å². The highest BCUT2D eigenvalue weighted by Gasteiger charge is 2.17. The summed E-state index contributed by atoms with van der Waals surface area (Å²) in [5, 5.41) is 14.5. The summed E-state index contributed by atoms with van der Waals surface area (Å²) in [6, 6.07) is 4.12. The maximum atomic E-state index is 11.9. The minimum atomic E-state index is -1.18. The number of carboxylic acid groups (broad SMARTS) is 1. The van der Waals surface area contributed by atoms with Gasteiger partial charge in [-0.05, 0) is 30.9 Å². The van der Waals surface area contributed by atoms with Crippen LogP contribution in [0.3, 0.4) is 0 Å². The molecule has 0 saturated carbocycles. The van der Waals surface area contributed by atoms with E-state index in [1.165, 1.54) is 12.1 Å². The normalized spacial score (nSPS) is 15.5. The van der Waals surface area contributed by atoms with E-state index in [1.807, 2.05) is 0 Å². The number of carboxylic acids is 1. The molecule has 6 nitrogen and oxygen atoms in total. The average Bonchev–Trinajstić information content (AvgIpc) is 2.46. The molecule has 1 aliphatic rings. The van der Waals surface area contributed by atoms with Gasteiger partial charge in [0.1, 0.15) is 5.56 Å². The Morgan fingerprint density at radius 2 is 2.05 bits per heavy atom. The largest absolute Gasteiger partial charge is 0.478 e. The third-order valence-electron chi connectivity index (χ3n) is 3.37. The number of rotatable bonds is 4. The van der Waals surface area contributed by atoms with E-state index in [4.69, 9.17) is 21.4 Å². The second-order valence-electron chi connectivity index (χ2n) is 4.86. The van der Waals surface area contributed by atoms with E-state index in [9.17, 15) is 9.59 Å². The summed E-state index contributed by atoms with van der Waals surface area (Å²) in [5.74, 6) is -0.789. The lowest BCUT2D eigenvalue weighted by Crippen LogP contribution is -2.35. The van der Waals surface area contributed by atoms with Crippen LogP contribution in [0.5, 0.6) is 0 Å². The van der Waals surface area contributed by atoms with Gasteiger partial charge in [0.2, 0.25) is 0 Å². The number of aromatic carboxylic acids is 1. The van der Waals surface area contributed by atoms with E-state index in [-0.39, 0.29) is 16.3 Å². The van der Waals surface area contributed by atoms with E-state index in [0.717, 1.165) is 12.8 Å². The molecule has 0 atom stereocenters. The summed E-state index contributed by atoms with van der Waals surface area (Å²) in [4.78, 5) is 23.0. The van der Waals surface area contributed by atoms with Gasteiger partial charge in [-0.15, -0.1) is 0 Å². The molecule has 21 heavy (non-hydrogen) atoms. The molecule has 2 amide bonds. The molecule has 3 N–H and O–H groups in total. The Hall–Kier alpha value is -1.79. The minimum Gasteiger partial charge on any atom is -0.478 e. The third-order valence-corrected chi connectivity index (χ3v) is 3.68. The maximum Gasteiger partial charge on any atom is 0.339 e. The summed E-state index contributed by atoms with van der Waals surface area (Å²) in [6.45, 7) is 1.97. The zero-order valence-corrected chi connectivity index (χ0v) is 12.2. The van der Waals surface area contributed by atoms with Crippen LogP contribution < -0.4 is 10.6 Å². The Morgan fingerprint density at radius 3 is 2.71 bits per heavy atom. The Labute approximate surface area is 127 Å². The number of amides is 2. The quantitative estimate of drug-likeness (QED) is 0.797. The first-order valence-electron chi connectivity index (χ1n) is 6.72. The van der Waals surface area contributed by atoms with Gasteiger partial charge in [0.25, 0.3) is 0 Å². The Balaban J connectivity index is 1.93. The van der Waals surface area contributed by atoms with E-state index >= 15 is 0 Å². The van der Waals surface area contributed by atoms with E-state index in [1.54, 1.807) is 6.07 Å². The molecule has 0 aliphatic carbocycles. The zero-order valence-electron chi connectivity index (χ0n) is 11.4. The molecule has 1 saturated heterocycles. The van der Waals surface area contributed by atoms with Gasteiger partial charge in [0.15, 0.2) is 0 Å². The number of hydrogen-bond acceptors (Lipinski definition) is 3. The lowest BCUT2D eigenvalue weighted by atomic mass is 10.0. The molecule has 1 aromatic rings. The first-order chi connectivity index (χ1) is 10.1. The molecule has 0 aromatic heterocycles. The van der Waals surface area contributed by atoms with Crippen LogP contribution in [0.2, 0.25) is 5.02 Å². The fraction of sp³-hybridized carbons (Fsp3) is 0.429. The maximum absolute atomic E-state index is 11.9. The number of nitrogens with one attached hydrogen (secondary N) is 2. The zero-order chi connectivity index (χ0) is 15.2. The van der Waals surface area contributed by atoms with Crippen LogP contribution in [0.15, 0.2) is 18.2 Å². The smallest absolute Gasteiger partial charge is 0.339 e. The standard InChI is InChI=1S/C14H17ClN2O4/c15-10-2-1-3-11(12(10)13(18)19)17-14(20)16-8-9-4-6-21-7-5-9/h1-3,9H,4-8H2,(H,18,19)(H2,16,17,20). The van der Waals surface area contributed by atoms with Crippen molar-refractivity contribution in [1.29, 1.82) is 0 Å². The van der Waals surface area contributed by atoms with Gasteiger partial charge in [-0.1, -0.05) is 17.7 Å². The van der Waals surface area contributed by atoms with Gasteiger partial charge in [0, 0.05) is 19.8 Å². The fourth-order valence-corrected chi connectivity index (χ4v) is 2.46. The number of carbonyl (C=O) groups is 2. The van der Waals surface area contributed by atoms with Crippen molar-refractivity contribution >= 4 is 29.3 Å². The van der Waals surface area contributed by atoms with Crippen molar-refractivity contribution in [1.82, 2.24) is 5.32 Å². The highest BCUT2D eigenvalue weighted by atomic mass is 35.5. The second-order valence-corrected chi connectivity index (χ2v) is 5.27. The Bertz CT molecular complexity index is 530. The van der Waals surface area contributed by atoms with Crippen molar-refractivity contribution in [3.63, 3.8) is 0 Å². The summed E-state index contributed by atoms with van der Waals surface area (Å²) in [7, 11) is 0. The second kappa shape index (κ2) is 7.28. The minimum absolute atomic E-state index is 0.0877. The van der Waals surface area contributed by atoms with Gasteiger partial charge in [-0.3, -0.25) is 0 Å². The van der Waals surface area contributed by atoms with Crippen molar-refractivity contribution in [2.24, 2.45) is 5.92 Å². The Morgan fingerprint density at radius 1 is 1.33 bits per heavy atom. The summed E-state index contributed by atoms with van der Waals surface area (Å²) >= 11 is 5.84. The van der Waals surface area contributed by atoms with E-state index in [0.29, 0.717) is 25.7 Å². The van der Waals surface area contributed by atoms with Gasteiger partial charge < -0.3 is 20.5 Å². The molecular formula is C14H17ClN2O4. The number of carbonyl (C=O) groups excluding carboxylic acids is 1. The van der Waals surface area contributed by atoms with Gasteiger partial charge in [-0.2, -0.15) is 0 Å². The highest BCUT2D eigenvalue weighted by molar-refractivity contribution is 6.34. The predicted molar refractivity (Wildman–Crippen MR) is 79.0 cm³/mol.